The molecule has 2 aromatic heterocycles. The topological polar surface area (TPSA) is 73.1 Å². The highest BCUT2D eigenvalue weighted by Crippen LogP contribution is 2.20. The van der Waals surface area contributed by atoms with Gasteiger partial charge in [0.1, 0.15) is 6.10 Å². The second-order valence-corrected chi connectivity index (χ2v) is 3.47. The van der Waals surface area contributed by atoms with Gasteiger partial charge in [-0.1, -0.05) is 0 Å². The molecule has 6 nitrogen and oxygen atoms in total. The Kier molecular flexibility index (Phi) is 3.34. The summed E-state index contributed by atoms with van der Waals surface area (Å²) in [5, 5.41) is 22.0. The van der Waals surface area contributed by atoms with Crippen LogP contribution in [0, 0.1) is 0 Å². The molecule has 0 aliphatic carbocycles. The number of rotatable bonds is 4. The molecular weight excluding hydrogens is 220 g/mol. The molecule has 0 amide bonds. The Morgan fingerprint density at radius 2 is 2.18 bits per heavy atom. The predicted octanol–water partition coefficient (Wildman–Crippen LogP) is 0.783. The van der Waals surface area contributed by atoms with Crippen LogP contribution in [0.2, 0.25) is 0 Å². The zero-order chi connectivity index (χ0) is 12.3. The van der Waals surface area contributed by atoms with E-state index in [1.807, 2.05) is 6.92 Å². The number of methoxy groups -OCH3 is 1. The van der Waals surface area contributed by atoms with E-state index in [4.69, 9.17) is 4.74 Å². The van der Waals surface area contributed by atoms with Gasteiger partial charge >= 0.3 is 0 Å². The van der Waals surface area contributed by atoms with Gasteiger partial charge in [0.05, 0.1) is 18.5 Å². The Bertz CT molecular complexity index is 480. The summed E-state index contributed by atoms with van der Waals surface area (Å²) in [5.41, 5.74) is 1.17. The fourth-order valence-corrected chi connectivity index (χ4v) is 1.58. The maximum absolute atomic E-state index is 10.2. The minimum absolute atomic E-state index is 0.421. The molecule has 0 aliphatic rings. The van der Waals surface area contributed by atoms with Crippen molar-refractivity contribution >= 4 is 0 Å². The number of ether oxygens (including phenoxy) is 1. The third-order valence-electron chi connectivity index (χ3n) is 2.48. The Hall–Kier alpha value is -1.95. The van der Waals surface area contributed by atoms with Crippen LogP contribution >= 0.6 is 0 Å². The van der Waals surface area contributed by atoms with Crippen LogP contribution in [0.5, 0.6) is 5.88 Å². The zero-order valence-corrected chi connectivity index (χ0v) is 9.74. The van der Waals surface area contributed by atoms with Gasteiger partial charge in [-0.15, -0.1) is 10.2 Å². The number of aromatic nitrogens is 4. The number of aryl methyl sites for hydroxylation is 1. The molecule has 1 N–H and O–H groups in total. The fraction of sp³-hybridized carbons (Fsp3) is 0.364. The molecule has 0 aromatic carbocycles. The van der Waals surface area contributed by atoms with E-state index in [-0.39, 0.29) is 0 Å². The Morgan fingerprint density at radius 1 is 1.35 bits per heavy atom. The molecule has 90 valence electrons. The monoisotopic (exact) mass is 234 g/mol. The quantitative estimate of drug-likeness (QED) is 0.846. The van der Waals surface area contributed by atoms with Gasteiger partial charge in [0.15, 0.2) is 0 Å². The summed E-state index contributed by atoms with van der Waals surface area (Å²) in [4.78, 5) is 0. The van der Waals surface area contributed by atoms with Crippen LogP contribution in [0.15, 0.2) is 24.4 Å². The molecule has 2 rings (SSSR count). The van der Waals surface area contributed by atoms with Crippen molar-refractivity contribution in [1.82, 2.24) is 20.0 Å². The predicted molar refractivity (Wildman–Crippen MR) is 60.5 cm³/mol. The molecule has 0 radical (unpaired) electrons. The van der Waals surface area contributed by atoms with Crippen molar-refractivity contribution in [1.29, 1.82) is 0 Å². The summed E-state index contributed by atoms with van der Waals surface area (Å²) in [6.45, 7) is 2.66. The van der Waals surface area contributed by atoms with Crippen molar-refractivity contribution < 1.29 is 9.84 Å². The Morgan fingerprint density at radius 3 is 2.76 bits per heavy atom. The number of aliphatic hydroxyl groups is 1. The van der Waals surface area contributed by atoms with Crippen molar-refractivity contribution in [2.45, 2.75) is 19.6 Å². The lowest BCUT2D eigenvalue weighted by molar-refractivity contribution is 0.201. The van der Waals surface area contributed by atoms with Crippen molar-refractivity contribution in [2.75, 3.05) is 7.11 Å². The first-order valence-electron chi connectivity index (χ1n) is 5.33. The van der Waals surface area contributed by atoms with E-state index < -0.39 is 6.10 Å². The number of nitrogens with zero attached hydrogens (tertiary/aromatic N) is 4. The molecule has 0 fully saturated rings. The van der Waals surface area contributed by atoms with E-state index in [1.54, 1.807) is 29.1 Å². The molecule has 0 saturated carbocycles. The molecule has 6 heteroatoms. The van der Waals surface area contributed by atoms with Gasteiger partial charge in [0.2, 0.25) is 5.88 Å². The summed E-state index contributed by atoms with van der Waals surface area (Å²) < 4.78 is 6.63. The van der Waals surface area contributed by atoms with E-state index in [0.29, 0.717) is 23.8 Å². The lowest BCUT2D eigenvalue weighted by atomic mass is 10.2. The average Bonchev–Trinajstić information content (AvgIpc) is 2.86. The van der Waals surface area contributed by atoms with Crippen LogP contribution in [0.1, 0.15) is 24.4 Å². The summed E-state index contributed by atoms with van der Waals surface area (Å²) in [6.07, 6.45) is 0.829. The van der Waals surface area contributed by atoms with Gasteiger partial charge in [0, 0.05) is 18.8 Å². The van der Waals surface area contributed by atoms with Gasteiger partial charge < -0.3 is 9.84 Å². The van der Waals surface area contributed by atoms with E-state index in [0.717, 1.165) is 0 Å². The van der Waals surface area contributed by atoms with E-state index in [9.17, 15) is 5.11 Å². The van der Waals surface area contributed by atoms with Crippen molar-refractivity contribution in [3.8, 4) is 5.88 Å². The smallest absolute Gasteiger partial charge is 0.233 e. The molecule has 17 heavy (non-hydrogen) atoms. The second-order valence-electron chi connectivity index (χ2n) is 3.47. The molecule has 0 aliphatic heterocycles. The normalized spacial score (nSPS) is 12.4. The maximum atomic E-state index is 10.2. The lowest BCUT2D eigenvalue weighted by Gasteiger charge is -2.11. The maximum Gasteiger partial charge on any atom is 0.233 e. The highest BCUT2D eigenvalue weighted by molar-refractivity contribution is 5.20. The third-order valence-corrected chi connectivity index (χ3v) is 2.48. The van der Waals surface area contributed by atoms with Crippen molar-refractivity contribution in [3.05, 3.63) is 35.8 Å². The molecule has 2 heterocycles. The standard InChI is InChI=1S/C11H14N4O2/c1-3-15-9(6-7-12-15)11(16)8-4-5-10(17-2)14-13-8/h4-7,11,16H,3H2,1-2H3. The van der Waals surface area contributed by atoms with Gasteiger partial charge in [-0.2, -0.15) is 5.10 Å². The summed E-state index contributed by atoms with van der Waals surface area (Å²) >= 11 is 0. The van der Waals surface area contributed by atoms with Gasteiger partial charge in [-0.25, -0.2) is 0 Å². The summed E-state index contributed by atoms with van der Waals surface area (Å²) in [5.74, 6) is 0.421. The molecule has 2 aromatic rings. The average molecular weight is 234 g/mol. The molecule has 1 atom stereocenters. The minimum atomic E-state index is -0.823. The van der Waals surface area contributed by atoms with Crippen molar-refractivity contribution in [3.63, 3.8) is 0 Å². The largest absolute Gasteiger partial charge is 0.480 e. The van der Waals surface area contributed by atoms with Crippen molar-refractivity contribution in [2.24, 2.45) is 0 Å². The van der Waals surface area contributed by atoms with Crippen LogP contribution in [0.4, 0.5) is 0 Å². The van der Waals surface area contributed by atoms with Crippen LogP contribution in [0.3, 0.4) is 0 Å². The van der Waals surface area contributed by atoms with Crippen LogP contribution in [0.25, 0.3) is 0 Å². The highest BCUT2D eigenvalue weighted by atomic mass is 16.5. The van der Waals surface area contributed by atoms with Crippen LogP contribution < -0.4 is 4.74 Å². The molecule has 0 bridgehead atoms. The first-order chi connectivity index (χ1) is 8.26. The SMILES string of the molecule is CCn1nccc1C(O)c1ccc(OC)nn1. The summed E-state index contributed by atoms with van der Waals surface area (Å²) in [6, 6.07) is 5.11. The Labute approximate surface area is 98.9 Å². The van der Waals surface area contributed by atoms with E-state index >= 15 is 0 Å². The second kappa shape index (κ2) is 4.92. The minimum Gasteiger partial charge on any atom is -0.480 e. The zero-order valence-electron chi connectivity index (χ0n) is 9.74. The number of aliphatic hydroxyl groups excluding tert-OH is 1. The molecular formula is C11H14N4O2. The number of hydrogen-bond acceptors (Lipinski definition) is 5. The van der Waals surface area contributed by atoms with Gasteiger partial charge in [-0.3, -0.25) is 4.68 Å². The lowest BCUT2D eigenvalue weighted by Crippen LogP contribution is -2.10. The Balaban J connectivity index is 2.27. The molecule has 1 unspecified atom stereocenters. The molecule has 0 spiro atoms. The molecule has 0 saturated heterocycles. The summed E-state index contributed by atoms with van der Waals surface area (Å²) in [7, 11) is 1.52. The van der Waals surface area contributed by atoms with Gasteiger partial charge in [-0.05, 0) is 19.1 Å². The van der Waals surface area contributed by atoms with Gasteiger partial charge in [0.25, 0.3) is 0 Å². The van der Waals surface area contributed by atoms with E-state index in [1.165, 1.54) is 7.11 Å². The third kappa shape index (κ3) is 2.26. The van der Waals surface area contributed by atoms with Crippen LogP contribution in [-0.4, -0.2) is 32.2 Å². The highest BCUT2D eigenvalue weighted by Gasteiger charge is 2.16. The van der Waals surface area contributed by atoms with Crippen LogP contribution in [-0.2, 0) is 6.54 Å². The first kappa shape index (κ1) is 11.5. The number of hydrogen-bond donors (Lipinski definition) is 1. The fourth-order valence-electron chi connectivity index (χ4n) is 1.58. The van der Waals surface area contributed by atoms with E-state index in [2.05, 4.69) is 15.3 Å². The first-order valence-corrected chi connectivity index (χ1v) is 5.33.